The Balaban J connectivity index is 0.000000868. The van der Waals surface area contributed by atoms with E-state index in [9.17, 15) is 4.79 Å². The number of hydrogen-bond donors (Lipinski definition) is 2. The van der Waals surface area contributed by atoms with Gasteiger partial charge in [0.2, 0.25) is 0 Å². The molecule has 0 radical (unpaired) electrons. The van der Waals surface area contributed by atoms with Crippen molar-refractivity contribution in [3.63, 3.8) is 0 Å². The molecule has 0 fully saturated rings. The smallest absolute Gasteiger partial charge is 0.255 e. The monoisotopic (exact) mass is 337 g/mol. The summed E-state index contributed by atoms with van der Waals surface area (Å²) < 4.78 is 0. The highest BCUT2D eigenvalue weighted by atomic mass is 35.5. The first-order valence-electron chi connectivity index (χ1n) is 7.93. The fourth-order valence-corrected chi connectivity index (χ4v) is 2.13. The predicted molar refractivity (Wildman–Crippen MR) is 102 cm³/mol. The van der Waals surface area contributed by atoms with Gasteiger partial charge in [-0.1, -0.05) is 38.4 Å². The summed E-state index contributed by atoms with van der Waals surface area (Å²) in [7, 11) is 0. The van der Waals surface area contributed by atoms with E-state index in [0.29, 0.717) is 24.5 Å². The number of anilines is 2. The molecule has 0 saturated carbocycles. The lowest BCUT2D eigenvalue weighted by molar-refractivity contribution is -0.115. The van der Waals surface area contributed by atoms with E-state index in [1.165, 1.54) is 0 Å². The summed E-state index contributed by atoms with van der Waals surface area (Å²) in [4.78, 5) is 14.0. The fraction of sp³-hybridized carbons (Fsp3) is 0.389. The van der Waals surface area contributed by atoms with E-state index in [2.05, 4.69) is 11.9 Å². The van der Waals surface area contributed by atoms with Crippen LogP contribution < -0.4 is 16.0 Å². The molecule has 0 atom stereocenters. The minimum atomic E-state index is -0.0172. The van der Waals surface area contributed by atoms with Gasteiger partial charge in [-0.25, -0.2) is 0 Å². The van der Waals surface area contributed by atoms with E-state index in [1.54, 1.807) is 29.3 Å². The number of allylic oxidation sites excluding steroid dienone is 1. The number of nitrogens with two attached hydrogens (primary N) is 1. The van der Waals surface area contributed by atoms with Gasteiger partial charge in [0.1, 0.15) is 0 Å². The standard InChI is InChI=1S/C13H16ClN3O.C3H6.C2H6/c1-2-9-8-16-11-4-3-10(14)7-12(11)17(6-5-15)13(9)18;1-3-2;1-2/h3-4,7-8,16H,2,5-6,15H2,1H3;3H,1H2,2H3;1-2H3. The van der Waals surface area contributed by atoms with E-state index >= 15 is 0 Å². The number of halogens is 1. The summed E-state index contributed by atoms with van der Waals surface area (Å²) in [6, 6.07) is 5.44. The van der Waals surface area contributed by atoms with Crippen LogP contribution in [-0.2, 0) is 4.79 Å². The van der Waals surface area contributed by atoms with Crippen LogP contribution in [0.5, 0.6) is 0 Å². The topological polar surface area (TPSA) is 58.4 Å². The van der Waals surface area contributed by atoms with E-state index < -0.39 is 0 Å². The van der Waals surface area contributed by atoms with Crippen LogP contribution in [-0.4, -0.2) is 19.0 Å². The summed E-state index contributed by atoms with van der Waals surface area (Å²) in [5.41, 5.74) is 7.96. The summed E-state index contributed by atoms with van der Waals surface area (Å²) in [5.74, 6) is -0.0172. The van der Waals surface area contributed by atoms with Crippen LogP contribution >= 0.6 is 11.6 Å². The van der Waals surface area contributed by atoms with Crippen molar-refractivity contribution in [3.05, 3.63) is 47.6 Å². The Morgan fingerprint density at radius 2 is 2.00 bits per heavy atom. The van der Waals surface area contributed by atoms with Gasteiger partial charge in [-0.05, 0) is 31.5 Å². The van der Waals surface area contributed by atoms with Crippen LogP contribution in [0.25, 0.3) is 0 Å². The van der Waals surface area contributed by atoms with Gasteiger partial charge >= 0.3 is 0 Å². The van der Waals surface area contributed by atoms with E-state index in [1.807, 2.05) is 33.8 Å². The van der Waals surface area contributed by atoms with E-state index in [4.69, 9.17) is 17.3 Å². The largest absolute Gasteiger partial charge is 0.360 e. The molecule has 128 valence electrons. The third kappa shape index (κ3) is 6.08. The van der Waals surface area contributed by atoms with E-state index in [0.717, 1.165) is 16.9 Å². The van der Waals surface area contributed by atoms with Crippen molar-refractivity contribution in [2.75, 3.05) is 23.3 Å². The number of rotatable bonds is 3. The molecule has 0 aliphatic carbocycles. The highest BCUT2D eigenvalue weighted by molar-refractivity contribution is 6.31. The van der Waals surface area contributed by atoms with Gasteiger partial charge < -0.3 is 16.0 Å². The van der Waals surface area contributed by atoms with Crippen molar-refractivity contribution in [3.8, 4) is 0 Å². The average Bonchev–Trinajstić information content (AvgIpc) is 2.68. The minimum Gasteiger partial charge on any atom is -0.360 e. The Morgan fingerprint density at radius 1 is 1.39 bits per heavy atom. The second kappa shape index (κ2) is 11.7. The van der Waals surface area contributed by atoms with Gasteiger partial charge in [-0.3, -0.25) is 4.79 Å². The zero-order valence-corrected chi connectivity index (χ0v) is 15.3. The zero-order valence-electron chi connectivity index (χ0n) is 14.5. The summed E-state index contributed by atoms with van der Waals surface area (Å²) in [6.07, 6.45) is 4.18. The third-order valence-corrected chi connectivity index (χ3v) is 3.14. The molecule has 2 rings (SSSR count). The number of benzene rings is 1. The Kier molecular flexibility index (Phi) is 10.8. The molecule has 0 aromatic heterocycles. The molecule has 4 nitrogen and oxygen atoms in total. The summed E-state index contributed by atoms with van der Waals surface area (Å²) in [6.45, 7) is 12.1. The average molecular weight is 338 g/mol. The SMILES string of the molecule is C=CC.CC.CCC1=CNc2ccc(Cl)cc2N(CCN)C1=O. The lowest BCUT2D eigenvalue weighted by Gasteiger charge is -2.23. The number of nitrogens with zero attached hydrogens (tertiary/aromatic N) is 1. The Morgan fingerprint density at radius 3 is 2.52 bits per heavy atom. The molecular weight excluding hydrogens is 310 g/mol. The van der Waals surface area contributed by atoms with Crippen LogP contribution in [0, 0.1) is 0 Å². The van der Waals surface area contributed by atoms with Gasteiger partial charge in [-0.2, -0.15) is 0 Å². The fourth-order valence-electron chi connectivity index (χ4n) is 1.96. The van der Waals surface area contributed by atoms with Crippen molar-refractivity contribution >= 4 is 28.9 Å². The number of fused-ring (bicyclic) bond motifs is 1. The van der Waals surface area contributed by atoms with Gasteiger partial charge in [0.15, 0.2) is 0 Å². The normalized spacial score (nSPS) is 12.3. The maximum Gasteiger partial charge on any atom is 0.255 e. The summed E-state index contributed by atoms with van der Waals surface area (Å²) >= 11 is 6.00. The molecule has 0 saturated heterocycles. The number of carbonyl (C=O) groups is 1. The highest BCUT2D eigenvalue weighted by Gasteiger charge is 2.23. The van der Waals surface area contributed by atoms with Crippen LogP contribution in [0.3, 0.4) is 0 Å². The molecule has 0 unspecified atom stereocenters. The predicted octanol–water partition coefficient (Wildman–Crippen LogP) is 4.57. The van der Waals surface area contributed by atoms with Crippen LogP contribution in [0.15, 0.2) is 42.6 Å². The van der Waals surface area contributed by atoms with Gasteiger partial charge in [-0.15, -0.1) is 6.58 Å². The Hall–Kier alpha value is -1.78. The second-order valence-corrected chi connectivity index (χ2v) is 4.92. The number of carbonyl (C=O) groups excluding carboxylic acids is 1. The molecule has 1 amide bonds. The molecule has 0 spiro atoms. The van der Waals surface area contributed by atoms with Gasteiger partial charge in [0, 0.05) is 29.9 Å². The Labute approximate surface area is 145 Å². The molecule has 0 bridgehead atoms. The molecular formula is C18H28ClN3O. The first kappa shape index (κ1) is 21.2. The quantitative estimate of drug-likeness (QED) is 0.794. The zero-order chi connectivity index (χ0) is 17.8. The molecule has 1 aromatic rings. The second-order valence-electron chi connectivity index (χ2n) is 4.48. The number of hydrogen-bond acceptors (Lipinski definition) is 3. The molecule has 1 aliphatic heterocycles. The molecule has 1 aromatic carbocycles. The van der Waals surface area contributed by atoms with Crippen molar-refractivity contribution < 1.29 is 4.79 Å². The minimum absolute atomic E-state index is 0.0172. The third-order valence-electron chi connectivity index (χ3n) is 2.91. The number of amides is 1. The first-order valence-corrected chi connectivity index (χ1v) is 8.30. The number of nitrogens with one attached hydrogen (secondary N) is 1. The van der Waals surface area contributed by atoms with Crippen LogP contribution in [0.2, 0.25) is 5.02 Å². The molecule has 3 N–H and O–H groups in total. The molecule has 5 heteroatoms. The highest BCUT2D eigenvalue weighted by Crippen LogP contribution is 2.32. The van der Waals surface area contributed by atoms with Gasteiger partial charge in [0.05, 0.1) is 11.4 Å². The summed E-state index contributed by atoms with van der Waals surface area (Å²) in [5, 5.41) is 3.75. The van der Waals surface area contributed by atoms with E-state index in [-0.39, 0.29) is 5.91 Å². The molecule has 23 heavy (non-hydrogen) atoms. The van der Waals surface area contributed by atoms with Crippen molar-refractivity contribution in [2.24, 2.45) is 5.73 Å². The van der Waals surface area contributed by atoms with Gasteiger partial charge in [0.25, 0.3) is 5.91 Å². The first-order chi connectivity index (χ1) is 11.1. The molecule has 1 aliphatic rings. The lowest BCUT2D eigenvalue weighted by atomic mass is 10.2. The van der Waals surface area contributed by atoms with Crippen molar-refractivity contribution in [2.45, 2.75) is 34.1 Å². The molecule has 1 heterocycles. The van der Waals surface area contributed by atoms with Crippen LogP contribution in [0.4, 0.5) is 11.4 Å². The van der Waals surface area contributed by atoms with Crippen LogP contribution in [0.1, 0.15) is 34.1 Å². The Bertz CT molecular complexity index is 541. The van der Waals surface area contributed by atoms with Crippen molar-refractivity contribution in [1.82, 2.24) is 0 Å². The maximum atomic E-state index is 12.4. The maximum absolute atomic E-state index is 12.4. The van der Waals surface area contributed by atoms with Crippen molar-refractivity contribution in [1.29, 1.82) is 0 Å². The lowest BCUT2D eigenvalue weighted by Crippen LogP contribution is -2.35.